The predicted octanol–water partition coefficient (Wildman–Crippen LogP) is 0.910. The highest BCUT2D eigenvalue weighted by Gasteiger charge is 2.29. The van der Waals surface area contributed by atoms with Crippen LogP contribution in [0, 0.1) is 0 Å². The van der Waals surface area contributed by atoms with Gasteiger partial charge in [-0.05, 0) is 47.8 Å². The molecule has 0 fully saturated rings. The quantitative estimate of drug-likeness (QED) is 0.153. The van der Waals surface area contributed by atoms with Gasteiger partial charge in [0, 0.05) is 29.9 Å². The average molecular weight is 556 g/mol. The number of fused-ring (bicyclic) bond motifs is 1. The number of rotatable bonds is 14. The van der Waals surface area contributed by atoms with Gasteiger partial charge in [0.15, 0.2) is 0 Å². The van der Waals surface area contributed by atoms with Crippen molar-refractivity contribution in [2.45, 2.75) is 37.4 Å². The Kier molecular flexibility index (Phi) is 10.8. The molecule has 1 heterocycles. The number of phenolic OH excluding ortho intramolecular Hbond substituents is 1. The molecule has 3 unspecified atom stereocenters. The number of amides is 3. The summed E-state index contributed by atoms with van der Waals surface area (Å²) < 4.78 is 0. The lowest BCUT2D eigenvalue weighted by molar-refractivity contribution is -0.138. The van der Waals surface area contributed by atoms with E-state index in [1.807, 2.05) is 30.5 Å². The average Bonchev–Trinajstić information content (AvgIpc) is 3.33. The number of aromatic nitrogens is 1. The van der Waals surface area contributed by atoms with Gasteiger partial charge in [-0.15, -0.1) is 0 Å². The summed E-state index contributed by atoms with van der Waals surface area (Å²) in [6, 6.07) is 10.6. The van der Waals surface area contributed by atoms with Gasteiger partial charge in [-0.1, -0.05) is 30.3 Å². The van der Waals surface area contributed by atoms with E-state index in [4.69, 9.17) is 10.8 Å². The summed E-state index contributed by atoms with van der Waals surface area (Å²) in [7, 11) is 0. The van der Waals surface area contributed by atoms with E-state index in [0.717, 1.165) is 16.5 Å². The molecule has 0 saturated carbocycles. The minimum Gasteiger partial charge on any atom is -0.508 e. The Morgan fingerprint density at radius 2 is 1.62 bits per heavy atom. The number of carbonyl (C=O) groups excluding carboxylic acids is 3. The number of thioether (sulfide) groups is 1. The largest absolute Gasteiger partial charge is 0.508 e. The number of nitrogens with two attached hydrogens (primary N) is 1. The van der Waals surface area contributed by atoms with E-state index in [2.05, 4.69) is 20.9 Å². The highest BCUT2D eigenvalue weighted by molar-refractivity contribution is 7.98. The molecule has 0 aliphatic heterocycles. The van der Waals surface area contributed by atoms with Crippen molar-refractivity contribution in [3.8, 4) is 5.75 Å². The molecular formula is C27H33N5O6S. The maximum absolute atomic E-state index is 13.5. The Morgan fingerprint density at radius 3 is 2.31 bits per heavy atom. The van der Waals surface area contributed by atoms with Gasteiger partial charge in [0.05, 0.1) is 6.04 Å². The Labute approximate surface area is 229 Å². The second-order valence-corrected chi connectivity index (χ2v) is 10.0. The highest BCUT2D eigenvalue weighted by Crippen LogP contribution is 2.19. The third-order valence-electron chi connectivity index (χ3n) is 6.12. The van der Waals surface area contributed by atoms with Gasteiger partial charge in [0.2, 0.25) is 17.7 Å². The number of hydrogen-bond acceptors (Lipinski definition) is 7. The molecule has 3 amide bonds. The fraction of sp³-hybridized carbons (Fsp3) is 0.333. The zero-order chi connectivity index (χ0) is 28.4. The first-order valence-corrected chi connectivity index (χ1v) is 13.7. The number of hydrogen-bond donors (Lipinski definition) is 7. The summed E-state index contributed by atoms with van der Waals surface area (Å²) in [5.74, 6) is -2.33. The van der Waals surface area contributed by atoms with Crippen molar-refractivity contribution in [2.75, 3.05) is 18.6 Å². The second kappa shape index (κ2) is 14.2. The molecule has 0 aliphatic rings. The standard InChI is InChI=1S/C27H33N5O6S/c1-39-11-10-20(28)25(36)31-22(12-16-6-8-18(33)9-7-16)27(38)32-23(26(37)30-15-24(34)35)13-17-14-29-21-5-3-2-4-19(17)21/h2-9,14,20,22-23,29,33H,10-13,15,28H2,1H3,(H,30,37)(H,31,36)(H,32,38)(H,34,35). The van der Waals surface area contributed by atoms with Crippen LogP contribution in [0.25, 0.3) is 10.9 Å². The van der Waals surface area contributed by atoms with Crippen molar-refractivity contribution in [2.24, 2.45) is 5.73 Å². The SMILES string of the molecule is CSCCC(N)C(=O)NC(Cc1ccc(O)cc1)C(=O)NC(Cc1c[nH]c2ccccc12)C(=O)NCC(=O)O. The van der Waals surface area contributed by atoms with Crippen LogP contribution in [0.1, 0.15) is 17.5 Å². The number of benzene rings is 2. The van der Waals surface area contributed by atoms with E-state index < -0.39 is 48.4 Å². The van der Waals surface area contributed by atoms with Crippen molar-refractivity contribution < 1.29 is 29.4 Å². The number of H-pyrrole nitrogens is 1. The number of para-hydroxylation sites is 1. The Hall–Kier alpha value is -4.03. The summed E-state index contributed by atoms with van der Waals surface area (Å²) in [4.78, 5) is 53.4. The second-order valence-electron chi connectivity index (χ2n) is 9.06. The van der Waals surface area contributed by atoms with Crippen LogP contribution in [-0.4, -0.2) is 75.6 Å². The Morgan fingerprint density at radius 1 is 0.949 bits per heavy atom. The third kappa shape index (κ3) is 8.76. The molecule has 0 spiro atoms. The molecule has 0 saturated heterocycles. The van der Waals surface area contributed by atoms with E-state index in [1.165, 1.54) is 12.1 Å². The van der Waals surface area contributed by atoms with Crippen LogP contribution in [-0.2, 0) is 32.0 Å². The van der Waals surface area contributed by atoms with Gasteiger partial charge in [0.1, 0.15) is 24.4 Å². The highest BCUT2D eigenvalue weighted by atomic mass is 32.2. The van der Waals surface area contributed by atoms with Gasteiger partial charge in [0.25, 0.3) is 0 Å². The normalized spacial score (nSPS) is 13.3. The molecular weight excluding hydrogens is 522 g/mol. The maximum atomic E-state index is 13.5. The van der Waals surface area contributed by atoms with E-state index in [0.29, 0.717) is 17.7 Å². The van der Waals surface area contributed by atoms with Gasteiger partial charge in [-0.3, -0.25) is 19.2 Å². The summed E-state index contributed by atoms with van der Waals surface area (Å²) in [5.41, 5.74) is 8.27. The number of carboxylic acids is 1. The molecule has 1 aromatic heterocycles. The monoisotopic (exact) mass is 555 g/mol. The molecule has 3 aromatic rings. The first kappa shape index (κ1) is 29.5. The lowest BCUT2D eigenvalue weighted by Gasteiger charge is -2.24. The molecule has 8 N–H and O–H groups in total. The molecule has 3 rings (SSSR count). The predicted molar refractivity (Wildman–Crippen MR) is 149 cm³/mol. The van der Waals surface area contributed by atoms with Crippen LogP contribution in [0.15, 0.2) is 54.7 Å². The van der Waals surface area contributed by atoms with E-state index >= 15 is 0 Å². The van der Waals surface area contributed by atoms with Crippen LogP contribution < -0.4 is 21.7 Å². The van der Waals surface area contributed by atoms with Crippen LogP contribution in [0.5, 0.6) is 5.75 Å². The van der Waals surface area contributed by atoms with Crippen LogP contribution in [0.4, 0.5) is 0 Å². The molecule has 39 heavy (non-hydrogen) atoms. The number of aliphatic carboxylic acids is 1. The molecule has 3 atom stereocenters. The first-order chi connectivity index (χ1) is 18.7. The van der Waals surface area contributed by atoms with Gasteiger partial charge >= 0.3 is 5.97 Å². The van der Waals surface area contributed by atoms with Gasteiger partial charge in [-0.2, -0.15) is 11.8 Å². The summed E-state index contributed by atoms with van der Waals surface area (Å²) >= 11 is 1.55. The first-order valence-electron chi connectivity index (χ1n) is 12.4. The van der Waals surface area contributed by atoms with Crippen molar-refractivity contribution in [1.82, 2.24) is 20.9 Å². The van der Waals surface area contributed by atoms with Crippen LogP contribution in [0.3, 0.4) is 0 Å². The molecule has 11 nitrogen and oxygen atoms in total. The lowest BCUT2D eigenvalue weighted by Crippen LogP contribution is -2.57. The van der Waals surface area contributed by atoms with Gasteiger partial charge < -0.3 is 36.9 Å². The lowest BCUT2D eigenvalue weighted by atomic mass is 10.0. The molecule has 12 heteroatoms. The number of aromatic hydroxyl groups is 1. The number of nitrogens with one attached hydrogen (secondary N) is 4. The summed E-state index contributed by atoms with van der Waals surface area (Å²) in [6.07, 6.45) is 4.20. The van der Waals surface area contributed by atoms with Crippen molar-refractivity contribution >= 4 is 46.4 Å². The third-order valence-corrected chi connectivity index (χ3v) is 6.77. The molecule has 208 valence electrons. The summed E-state index contributed by atoms with van der Waals surface area (Å²) in [6.45, 7) is -0.614. The minimum absolute atomic E-state index is 0.0526. The zero-order valence-electron chi connectivity index (χ0n) is 21.5. The van der Waals surface area contributed by atoms with Crippen LogP contribution in [0.2, 0.25) is 0 Å². The zero-order valence-corrected chi connectivity index (χ0v) is 22.3. The van der Waals surface area contributed by atoms with Crippen LogP contribution >= 0.6 is 11.8 Å². The minimum atomic E-state index is -1.22. The van der Waals surface area contributed by atoms with Crippen molar-refractivity contribution in [3.63, 3.8) is 0 Å². The maximum Gasteiger partial charge on any atom is 0.322 e. The molecule has 0 bridgehead atoms. The van der Waals surface area contributed by atoms with Gasteiger partial charge in [-0.25, -0.2) is 0 Å². The Balaban J connectivity index is 1.84. The smallest absolute Gasteiger partial charge is 0.322 e. The number of carboxylic acid groups (broad SMARTS) is 1. The van der Waals surface area contributed by atoms with Crippen molar-refractivity contribution in [1.29, 1.82) is 0 Å². The number of carbonyl (C=O) groups is 4. The van der Waals surface area contributed by atoms with E-state index in [9.17, 15) is 24.3 Å². The van der Waals surface area contributed by atoms with E-state index in [-0.39, 0.29) is 18.6 Å². The fourth-order valence-electron chi connectivity index (χ4n) is 4.02. The molecule has 2 aromatic carbocycles. The molecule has 0 radical (unpaired) electrons. The molecule has 0 aliphatic carbocycles. The van der Waals surface area contributed by atoms with E-state index in [1.54, 1.807) is 30.1 Å². The number of phenols is 1. The topological polar surface area (TPSA) is 187 Å². The summed E-state index contributed by atoms with van der Waals surface area (Å²) in [5, 5.41) is 27.2. The number of aromatic amines is 1. The van der Waals surface area contributed by atoms with Crippen molar-refractivity contribution in [3.05, 3.63) is 65.9 Å². The fourth-order valence-corrected chi connectivity index (χ4v) is 4.51. The Bertz CT molecular complexity index is 1300.